The van der Waals surface area contributed by atoms with Gasteiger partial charge < -0.3 is 15.8 Å². The zero-order valence-electron chi connectivity index (χ0n) is 12.4. The van der Waals surface area contributed by atoms with Crippen molar-refractivity contribution in [1.82, 2.24) is 15.1 Å². The minimum absolute atomic E-state index is 0.0446. The minimum atomic E-state index is -0.206. The molecule has 108 valence electrons. The van der Waals surface area contributed by atoms with Crippen molar-refractivity contribution in [3.63, 3.8) is 0 Å². The van der Waals surface area contributed by atoms with E-state index in [-0.39, 0.29) is 17.9 Å². The van der Waals surface area contributed by atoms with Crippen LogP contribution in [0.1, 0.15) is 37.0 Å². The second-order valence-corrected chi connectivity index (χ2v) is 4.97. The molecule has 0 radical (unpaired) electrons. The number of carbonyl (C=O) groups is 1. The highest BCUT2D eigenvalue weighted by Gasteiger charge is 2.23. The van der Waals surface area contributed by atoms with Crippen molar-refractivity contribution < 1.29 is 9.53 Å². The molecular formula is C13H24N4O2. The number of ether oxygens (including phenoxy) is 1. The van der Waals surface area contributed by atoms with E-state index in [1.807, 2.05) is 20.8 Å². The molecule has 0 saturated carbocycles. The number of aromatic nitrogens is 2. The summed E-state index contributed by atoms with van der Waals surface area (Å²) in [6.07, 6.45) is 0.707. The Morgan fingerprint density at radius 1 is 1.53 bits per heavy atom. The third-order valence-corrected chi connectivity index (χ3v) is 3.18. The molecule has 0 aliphatic carbocycles. The Balaban J connectivity index is 2.91. The molecule has 0 spiro atoms. The van der Waals surface area contributed by atoms with Crippen molar-refractivity contribution >= 4 is 11.6 Å². The number of aryl methyl sites for hydroxylation is 2. The molecule has 1 unspecified atom stereocenters. The Kier molecular flexibility index (Phi) is 5.35. The maximum absolute atomic E-state index is 12.3. The first-order chi connectivity index (χ1) is 8.92. The molecule has 0 fully saturated rings. The molecule has 19 heavy (non-hydrogen) atoms. The van der Waals surface area contributed by atoms with Crippen LogP contribution in [0.25, 0.3) is 0 Å². The van der Waals surface area contributed by atoms with Crippen LogP contribution in [0.2, 0.25) is 0 Å². The summed E-state index contributed by atoms with van der Waals surface area (Å²) in [5, 5.41) is 7.20. The average Bonchev–Trinajstić information content (AvgIpc) is 2.63. The average molecular weight is 268 g/mol. The van der Waals surface area contributed by atoms with Crippen LogP contribution in [-0.4, -0.2) is 35.4 Å². The predicted molar refractivity (Wildman–Crippen MR) is 75.0 cm³/mol. The van der Waals surface area contributed by atoms with Gasteiger partial charge in [-0.05, 0) is 12.3 Å². The number of nitrogen functional groups attached to an aromatic ring is 1. The lowest BCUT2D eigenvalue weighted by atomic mass is 10.1. The molecule has 1 atom stereocenters. The number of hydrogen-bond donors (Lipinski definition) is 2. The Bertz CT molecular complexity index is 440. The Hall–Kier alpha value is -1.56. The molecule has 1 aromatic rings. The van der Waals surface area contributed by atoms with E-state index in [4.69, 9.17) is 10.5 Å². The van der Waals surface area contributed by atoms with E-state index >= 15 is 0 Å². The molecule has 0 aliphatic heterocycles. The molecule has 1 amide bonds. The van der Waals surface area contributed by atoms with Crippen molar-refractivity contribution in [2.45, 2.75) is 33.2 Å². The van der Waals surface area contributed by atoms with Gasteiger partial charge in [-0.3, -0.25) is 9.48 Å². The number of methoxy groups -OCH3 is 1. The monoisotopic (exact) mass is 268 g/mol. The summed E-state index contributed by atoms with van der Waals surface area (Å²) >= 11 is 0. The Morgan fingerprint density at radius 3 is 2.58 bits per heavy atom. The number of nitrogens with two attached hydrogens (primary N) is 1. The van der Waals surface area contributed by atoms with Crippen molar-refractivity contribution in [3.8, 4) is 0 Å². The summed E-state index contributed by atoms with van der Waals surface area (Å²) in [6.45, 7) is 6.51. The molecule has 3 N–H and O–H groups in total. The SMILES string of the molecule is CCc1nn(C)c(C(=O)NC(COC)C(C)C)c1N. The third-order valence-electron chi connectivity index (χ3n) is 3.18. The Morgan fingerprint density at radius 2 is 2.16 bits per heavy atom. The molecular weight excluding hydrogens is 244 g/mol. The van der Waals surface area contributed by atoms with Crippen LogP contribution in [0.15, 0.2) is 0 Å². The zero-order valence-corrected chi connectivity index (χ0v) is 12.4. The maximum Gasteiger partial charge on any atom is 0.272 e. The number of carbonyl (C=O) groups excluding carboxylic acids is 1. The summed E-state index contributed by atoms with van der Waals surface area (Å²) in [5.41, 5.74) is 7.59. The number of amides is 1. The van der Waals surface area contributed by atoms with Gasteiger partial charge in [0.05, 0.1) is 24.0 Å². The van der Waals surface area contributed by atoms with Gasteiger partial charge in [0.2, 0.25) is 0 Å². The van der Waals surface area contributed by atoms with E-state index in [1.54, 1.807) is 14.2 Å². The van der Waals surface area contributed by atoms with Gasteiger partial charge in [0.1, 0.15) is 5.69 Å². The lowest BCUT2D eigenvalue weighted by Crippen LogP contribution is -2.42. The molecule has 1 heterocycles. The summed E-state index contributed by atoms with van der Waals surface area (Å²) in [4.78, 5) is 12.3. The fourth-order valence-electron chi connectivity index (χ4n) is 1.94. The van der Waals surface area contributed by atoms with Gasteiger partial charge in [-0.1, -0.05) is 20.8 Å². The molecule has 1 rings (SSSR count). The van der Waals surface area contributed by atoms with Gasteiger partial charge >= 0.3 is 0 Å². The lowest BCUT2D eigenvalue weighted by molar-refractivity contribution is 0.0858. The molecule has 0 bridgehead atoms. The van der Waals surface area contributed by atoms with E-state index < -0.39 is 0 Å². The normalized spacial score (nSPS) is 12.7. The van der Waals surface area contributed by atoms with Crippen molar-refractivity contribution in [2.75, 3.05) is 19.5 Å². The molecule has 0 saturated heterocycles. The van der Waals surface area contributed by atoms with Gasteiger partial charge in [-0.15, -0.1) is 0 Å². The van der Waals surface area contributed by atoms with Gasteiger partial charge in [0.15, 0.2) is 0 Å². The second kappa shape index (κ2) is 6.56. The Labute approximate surface area is 114 Å². The molecule has 1 aromatic heterocycles. The van der Waals surface area contributed by atoms with Crippen molar-refractivity contribution in [1.29, 1.82) is 0 Å². The van der Waals surface area contributed by atoms with Crippen LogP contribution in [-0.2, 0) is 18.2 Å². The highest BCUT2D eigenvalue weighted by atomic mass is 16.5. The first-order valence-corrected chi connectivity index (χ1v) is 6.53. The van der Waals surface area contributed by atoms with Crippen LogP contribution in [0.5, 0.6) is 0 Å². The van der Waals surface area contributed by atoms with Crippen molar-refractivity contribution in [3.05, 3.63) is 11.4 Å². The van der Waals surface area contributed by atoms with E-state index in [1.165, 1.54) is 4.68 Å². The van der Waals surface area contributed by atoms with Crippen LogP contribution in [0, 0.1) is 5.92 Å². The minimum Gasteiger partial charge on any atom is -0.395 e. The van der Waals surface area contributed by atoms with E-state index in [2.05, 4.69) is 10.4 Å². The largest absolute Gasteiger partial charge is 0.395 e. The van der Waals surface area contributed by atoms with E-state index in [0.717, 1.165) is 5.69 Å². The van der Waals surface area contributed by atoms with Crippen LogP contribution >= 0.6 is 0 Å². The molecule has 6 heteroatoms. The summed E-state index contributed by atoms with van der Waals surface area (Å²) < 4.78 is 6.66. The number of nitrogens with one attached hydrogen (secondary N) is 1. The number of anilines is 1. The predicted octanol–water partition coefficient (Wildman–Crippen LogP) is 0.965. The topological polar surface area (TPSA) is 82.2 Å². The third kappa shape index (κ3) is 3.47. The fraction of sp³-hybridized carbons (Fsp3) is 0.692. The van der Waals surface area contributed by atoms with Gasteiger partial charge in [-0.2, -0.15) is 5.10 Å². The second-order valence-electron chi connectivity index (χ2n) is 4.97. The van der Waals surface area contributed by atoms with Crippen LogP contribution in [0.4, 0.5) is 5.69 Å². The van der Waals surface area contributed by atoms with Crippen molar-refractivity contribution in [2.24, 2.45) is 13.0 Å². The van der Waals surface area contributed by atoms with Gasteiger partial charge in [0.25, 0.3) is 5.91 Å². The highest BCUT2D eigenvalue weighted by molar-refractivity contribution is 5.98. The first kappa shape index (κ1) is 15.5. The zero-order chi connectivity index (χ0) is 14.6. The van der Waals surface area contributed by atoms with Gasteiger partial charge in [0, 0.05) is 14.2 Å². The van der Waals surface area contributed by atoms with E-state index in [0.29, 0.717) is 24.4 Å². The molecule has 0 aromatic carbocycles. The fourth-order valence-corrected chi connectivity index (χ4v) is 1.94. The quantitative estimate of drug-likeness (QED) is 0.805. The van der Waals surface area contributed by atoms with E-state index in [9.17, 15) is 4.79 Å². The first-order valence-electron chi connectivity index (χ1n) is 6.53. The highest BCUT2D eigenvalue weighted by Crippen LogP contribution is 2.17. The summed E-state index contributed by atoms with van der Waals surface area (Å²) in [7, 11) is 3.35. The molecule has 6 nitrogen and oxygen atoms in total. The number of hydrogen-bond acceptors (Lipinski definition) is 4. The number of rotatable bonds is 6. The smallest absolute Gasteiger partial charge is 0.272 e. The lowest BCUT2D eigenvalue weighted by Gasteiger charge is -2.21. The van der Waals surface area contributed by atoms with Crippen LogP contribution in [0.3, 0.4) is 0 Å². The van der Waals surface area contributed by atoms with Crippen LogP contribution < -0.4 is 11.1 Å². The summed E-state index contributed by atoms with van der Waals surface area (Å²) in [6, 6.07) is -0.0446. The maximum atomic E-state index is 12.3. The van der Waals surface area contributed by atoms with Gasteiger partial charge in [-0.25, -0.2) is 0 Å². The summed E-state index contributed by atoms with van der Waals surface area (Å²) in [5.74, 6) is 0.0759. The molecule has 0 aliphatic rings. The standard InChI is InChI=1S/C13H24N4O2/c1-6-9-11(14)12(17(4)16-9)13(18)15-10(7-19-5)8(2)3/h8,10H,6-7,14H2,1-5H3,(H,15,18). The number of nitrogens with zero attached hydrogens (tertiary/aromatic N) is 2.